The predicted octanol–water partition coefficient (Wildman–Crippen LogP) is 5.97. The van der Waals surface area contributed by atoms with Gasteiger partial charge >= 0.3 is 17.9 Å². The van der Waals surface area contributed by atoms with Gasteiger partial charge in [-0.1, -0.05) is 48.5 Å². The monoisotopic (exact) mass is 532 g/mol. The number of ether oxygens (including phenoxy) is 2. The minimum Gasteiger partial charge on any atom is -0.481 e. The maximum Gasteiger partial charge on any atom is 0.309 e. The summed E-state index contributed by atoms with van der Waals surface area (Å²) < 4.78 is 11.6. The smallest absolute Gasteiger partial charge is 0.309 e. The molecule has 0 unspecified atom stereocenters. The Kier molecular flexibility index (Phi) is 7.14. The van der Waals surface area contributed by atoms with Crippen molar-refractivity contribution in [2.24, 2.45) is 45.3 Å². The van der Waals surface area contributed by atoms with E-state index >= 15 is 0 Å². The zero-order valence-electron chi connectivity index (χ0n) is 24.6. The number of Topliss-reactive ketones (excluding diaryl/α,β-unsaturated/α-hetero) is 1. The second kappa shape index (κ2) is 9.33. The van der Waals surface area contributed by atoms with Crippen LogP contribution in [0.5, 0.6) is 0 Å². The summed E-state index contributed by atoms with van der Waals surface area (Å²) in [6.45, 7) is 16.5. The number of ketones is 1. The number of carboxylic acids is 1. The first kappa shape index (κ1) is 29.1. The van der Waals surface area contributed by atoms with Gasteiger partial charge in [-0.05, 0) is 79.4 Å². The van der Waals surface area contributed by atoms with Crippen molar-refractivity contribution in [1.82, 2.24) is 0 Å². The number of rotatable bonds is 5. The highest BCUT2D eigenvalue weighted by molar-refractivity contribution is 5.96. The van der Waals surface area contributed by atoms with Crippen LogP contribution in [0.1, 0.15) is 113 Å². The lowest BCUT2D eigenvalue weighted by Crippen LogP contribution is -2.68. The Morgan fingerprint density at radius 1 is 0.895 bits per heavy atom. The van der Waals surface area contributed by atoms with Crippen LogP contribution in [0.4, 0.5) is 0 Å². The fourth-order valence-electron chi connectivity index (χ4n) is 9.97. The largest absolute Gasteiger partial charge is 0.481 e. The minimum atomic E-state index is -1.58. The van der Waals surface area contributed by atoms with Crippen LogP contribution >= 0.6 is 0 Å². The van der Waals surface area contributed by atoms with Crippen molar-refractivity contribution in [1.29, 1.82) is 0 Å². The zero-order valence-corrected chi connectivity index (χ0v) is 24.6. The van der Waals surface area contributed by atoms with E-state index in [1.807, 2.05) is 0 Å². The second-order valence-corrected chi connectivity index (χ2v) is 14.6. The van der Waals surface area contributed by atoms with E-state index in [-0.39, 0.29) is 51.9 Å². The van der Waals surface area contributed by atoms with Crippen molar-refractivity contribution in [2.75, 3.05) is 0 Å². The van der Waals surface area contributed by atoms with Crippen LogP contribution in [0.2, 0.25) is 0 Å². The molecular weight excluding hydrogens is 484 g/mol. The molecular formula is C31H48O7. The standard InChI is InChI=1S/C31H48O7/c1-18(2)26(36)38-31(17-24(33)34)16-15-29(7)20(25(31)35)9-10-22-28(6)13-12-23(37-19(3)32)27(4,5)21(28)11-14-30(22,29)8/h18,20-23H,9-17H2,1-8H3,(H,33,34)/t20-,21+,22-,23+,28+,29-,30-,31-/m1/s1. The van der Waals surface area contributed by atoms with Crippen LogP contribution in [0.3, 0.4) is 0 Å². The minimum absolute atomic E-state index is 0.0594. The topological polar surface area (TPSA) is 107 Å². The van der Waals surface area contributed by atoms with E-state index in [0.29, 0.717) is 24.7 Å². The van der Waals surface area contributed by atoms with Crippen molar-refractivity contribution < 1.29 is 33.8 Å². The van der Waals surface area contributed by atoms with Crippen molar-refractivity contribution in [3.8, 4) is 0 Å². The van der Waals surface area contributed by atoms with Gasteiger partial charge in [0, 0.05) is 18.3 Å². The molecule has 0 aliphatic heterocycles. The summed E-state index contributed by atoms with van der Waals surface area (Å²) in [7, 11) is 0. The molecule has 7 heteroatoms. The molecule has 0 bridgehead atoms. The lowest BCUT2D eigenvalue weighted by Gasteiger charge is -2.71. The molecule has 4 saturated carbocycles. The summed E-state index contributed by atoms with van der Waals surface area (Å²) in [5.74, 6) is -1.98. The number of fused-ring (bicyclic) bond motifs is 5. The van der Waals surface area contributed by atoms with Gasteiger partial charge in [-0.2, -0.15) is 0 Å². The molecule has 0 amide bonds. The number of hydrogen-bond donors (Lipinski definition) is 1. The SMILES string of the molecule is CC(=O)O[C@H]1CC[C@]2(C)[C@H]3CC[C@@H]4C(=O)[C@@](CC(=O)O)(OC(=O)C(C)C)CC[C@@]4(C)[C@]3(C)CC[C@H]2C1(C)C. The van der Waals surface area contributed by atoms with Gasteiger partial charge < -0.3 is 14.6 Å². The maximum absolute atomic E-state index is 14.2. The van der Waals surface area contributed by atoms with Gasteiger partial charge in [0.15, 0.2) is 11.4 Å². The Labute approximate surface area is 227 Å². The molecule has 0 heterocycles. The lowest BCUT2D eigenvalue weighted by atomic mass is 9.33. The summed E-state index contributed by atoms with van der Waals surface area (Å²) in [5, 5.41) is 9.71. The number of carboxylic acid groups (broad SMARTS) is 1. The molecule has 0 aromatic rings. The van der Waals surface area contributed by atoms with E-state index in [2.05, 4.69) is 34.6 Å². The van der Waals surface area contributed by atoms with Crippen LogP contribution in [0.25, 0.3) is 0 Å². The van der Waals surface area contributed by atoms with Crippen LogP contribution in [0, 0.1) is 45.3 Å². The number of carbonyl (C=O) groups is 4. The van der Waals surface area contributed by atoms with E-state index in [0.717, 1.165) is 32.1 Å². The first-order valence-corrected chi connectivity index (χ1v) is 14.6. The average Bonchev–Trinajstić information content (AvgIpc) is 2.79. The highest BCUT2D eigenvalue weighted by atomic mass is 16.6. The third kappa shape index (κ3) is 4.13. The summed E-state index contributed by atoms with van der Waals surface area (Å²) in [6.07, 6.45) is 5.76. The molecule has 4 aliphatic rings. The van der Waals surface area contributed by atoms with Gasteiger partial charge in [0.05, 0.1) is 12.3 Å². The van der Waals surface area contributed by atoms with E-state index in [9.17, 15) is 24.3 Å². The van der Waals surface area contributed by atoms with Crippen LogP contribution in [-0.4, -0.2) is 40.5 Å². The number of esters is 2. The number of carbonyl (C=O) groups excluding carboxylic acids is 3. The molecule has 214 valence electrons. The van der Waals surface area contributed by atoms with Gasteiger partial charge in [0.2, 0.25) is 0 Å². The van der Waals surface area contributed by atoms with Gasteiger partial charge in [-0.25, -0.2) is 0 Å². The first-order valence-electron chi connectivity index (χ1n) is 14.6. The highest BCUT2D eigenvalue weighted by Crippen LogP contribution is 2.74. The van der Waals surface area contributed by atoms with Crippen LogP contribution in [0.15, 0.2) is 0 Å². The van der Waals surface area contributed by atoms with Gasteiger partial charge in [0.1, 0.15) is 6.10 Å². The quantitative estimate of drug-likeness (QED) is 0.435. The molecule has 4 fully saturated rings. The molecule has 4 aliphatic carbocycles. The average molecular weight is 533 g/mol. The Hall–Kier alpha value is -1.92. The summed E-state index contributed by atoms with van der Waals surface area (Å²) in [5.41, 5.74) is -2.06. The number of aliphatic carboxylic acids is 1. The molecule has 0 radical (unpaired) electrons. The second-order valence-electron chi connectivity index (χ2n) is 14.6. The van der Waals surface area contributed by atoms with Crippen molar-refractivity contribution in [3.05, 3.63) is 0 Å². The fraction of sp³-hybridized carbons (Fsp3) is 0.871. The van der Waals surface area contributed by atoms with Crippen LogP contribution in [-0.2, 0) is 28.7 Å². The van der Waals surface area contributed by atoms with E-state index < -0.39 is 29.9 Å². The van der Waals surface area contributed by atoms with Gasteiger partial charge in [-0.15, -0.1) is 0 Å². The molecule has 8 atom stereocenters. The first-order chi connectivity index (χ1) is 17.4. The molecule has 7 nitrogen and oxygen atoms in total. The summed E-state index contributed by atoms with van der Waals surface area (Å²) in [6, 6.07) is 0. The van der Waals surface area contributed by atoms with Crippen molar-refractivity contribution >= 4 is 23.7 Å². The Morgan fingerprint density at radius 3 is 2.13 bits per heavy atom. The maximum atomic E-state index is 14.2. The molecule has 1 N–H and O–H groups in total. The third-order valence-corrected chi connectivity index (χ3v) is 12.1. The van der Waals surface area contributed by atoms with E-state index in [1.54, 1.807) is 13.8 Å². The number of hydrogen-bond acceptors (Lipinski definition) is 6. The Bertz CT molecular complexity index is 1020. The predicted molar refractivity (Wildman–Crippen MR) is 142 cm³/mol. The lowest BCUT2D eigenvalue weighted by molar-refractivity contribution is -0.241. The van der Waals surface area contributed by atoms with Gasteiger partial charge in [-0.3, -0.25) is 19.2 Å². The normalized spacial score (nSPS) is 43.9. The molecule has 0 aromatic carbocycles. The molecule has 0 spiro atoms. The zero-order chi connectivity index (χ0) is 28.5. The van der Waals surface area contributed by atoms with Crippen molar-refractivity contribution in [2.45, 2.75) is 125 Å². The fourth-order valence-corrected chi connectivity index (χ4v) is 9.97. The van der Waals surface area contributed by atoms with E-state index in [1.165, 1.54) is 6.92 Å². The third-order valence-electron chi connectivity index (χ3n) is 12.1. The highest BCUT2D eigenvalue weighted by Gasteiger charge is 2.70. The summed E-state index contributed by atoms with van der Waals surface area (Å²) >= 11 is 0. The van der Waals surface area contributed by atoms with E-state index in [4.69, 9.17) is 9.47 Å². The molecule has 0 saturated heterocycles. The molecule has 4 rings (SSSR count). The van der Waals surface area contributed by atoms with Crippen LogP contribution < -0.4 is 0 Å². The van der Waals surface area contributed by atoms with Gasteiger partial charge in [0.25, 0.3) is 0 Å². The molecule has 38 heavy (non-hydrogen) atoms. The molecule has 0 aromatic heterocycles. The van der Waals surface area contributed by atoms with Crippen molar-refractivity contribution in [3.63, 3.8) is 0 Å². The Morgan fingerprint density at radius 2 is 1.55 bits per heavy atom. The Balaban J connectivity index is 1.67. The summed E-state index contributed by atoms with van der Waals surface area (Å²) in [4.78, 5) is 50.6.